The molecule has 1 aromatic heterocycles. The lowest BCUT2D eigenvalue weighted by Gasteiger charge is -2.10. The maximum absolute atomic E-state index is 10.2. The highest BCUT2D eigenvalue weighted by Gasteiger charge is 2.20. The number of aromatic hydroxyl groups is 1. The quantitative estimate of drug-likeness (QED) is 0.833. The number of aryl methyl sites for hydroxylation is 1. The molecule has 0 saturated heterocycles. The number of hydrogen-bond acceptors (Lipinski definition) is 2. The minimum atomic E-state index is 0.369. The third kappa shape index (κ3) is 2.57. The lowest BCUT2D eigenvalue weighted by molar-refractivity contribution is 0.446. The second kappa shape index (κ2) is 5.37. The van der Waals surface area contributed by atoms with Gasteiger partial charge in [-0.2, -0.15) is 5.10 Å². The first kappa shape index (κ1) is 13.1. The number of rotatable bonds is 5. The van der Waals surface area contributed by atoms with Crippen molar-refractivity contribution < 1.29 is 5.11 Å². The molecular formula is C13H24N2O. The Morgan fingerprint density at radius 2 is 1.88 bits per heavy atom. The summed E-state index contributed by atoms with van der Waals surface area (Å²) >= 11 is 0. The molecule has 1 atom stereocenters. The largest absolute Gasteiger partial charge is 0.504 e. The van der Waals surface area contributed by atoms with Gasteiger partial charge in [-0.3, -0.25) is 4.68 Å². The zero-order chi connectivity index (χ0) is 12.3. The third-order valence-electron chi connectivity index (χ3n) is 3.02. The first-order valence-electron chi connectivity index (χ1n) is 6.29. The molecule has 0 aliphatic heterocycles. The van der Waals surface area contributed by atoms with Crippen molar-refractivity contribution in [2.45, 2.75) is 59.9 Å². The van der Waals surface area contributed by atoms with Crippen LogP contribution >= 0.6 is 0 Å². The van der Waals surface area contributed by atoms with E-state index in [4.69, 9.17) is 0 Å². The standard InChI is InChI=1S/C13H24N2O/c1-6-10(5)12-13(16)11(8-9(3)4)14-15(12)7-2/h9-10,16H,6-8H2,1-5H3. The molecule has 0 aromatic carbocycles. The van der Waals surface area contributed by atoms with Gasteiger partial charge in [0.05, 0.1) is 5.69 Å². The van der Waals surface area contributed by atoms with Crippen LogP contribution in [0, 0.1) is 5.92 Å². The summed E-state index contributed by atoms with van der Waals surface area (Å²) in [6.45, 7) is 11.5. The van der Waals surface area contributed by atoms with E-state index in [9.17, 15) is 5.11 Å². The molecule has 1 heterocycles. The molecular weight excluding hydrogens is 200 g/mol. The summed E-state index contributed by atoms with van der Waals surface area (Å²) in [4.78, 5) is 0. The lowest BCUT2D eigenvalue weighted by atomic mass is 10.0. The fourth-order valence-electron chi connectivity index (χ4n) is 1.96. The summed E-state index contributed by atoms with van der Waals surface area (Å²) in [6, 6.07) is 0. The molecule has 3 nitrogen and oxygen atoms in total. The van der Waals surface area contributed by atoms with Crippen molar-refractivity contribution in [3.63, 3.8) is 0 Å². The van der Waals surface area contributed by atoms with Crippen LogP contribution < -0.4 is 0 Å². The molecule has 0 fully saturated rings. The van der Waals surface area contributed by atoms with Crippen LogP contribution in [-0.2, 0) is 13.0 Å². The SMILES string of the molecule is CCC(C)c1c(O)c(CC(C)C)nn1CC. The van der Waals surface area contributed by atoms with Crippen LogP contribution in [0.1, 0.15) is 58.3 Å². The van der Waals surface area contributed by atoms with Gasteiger partial charge in [0, 0.05) is 12.5 Å². The van der Waals surface area contributed by atoms with Crippen LogP contribution in [0.2, 0.25) is 0 Å². The summed E-state index contributed by atoms with van der Waals surface area (Å²) in [5.74, 6) is 1.31. The summed E-state index contributed by atoms with van der Waals surface area (Å²) < 4.78 is 1.95. The molecule has 0 radical (unpaired) electrons. The third-order valence-corrected chi connectivity index (χ3v) is 3.02. The van der Waals surface area contributed by atoms with Gasteiger partial charge in [-0.05, 0) is 25.7 Å². The average molecular weight is 224 g/mol. The molecule has 0 amide bonds. The molecule has 92 valence electrons. The van der Waals surface area contributed by atoms with E-state index >= 15 is 0 Å². The summed E-state index contributed by atoms with van der Waals surface area (Å²) in [6.07, 6.45) is 1.88. The Bertz CT molecular complexity index is 342. The van der Waals surface area contributed by atoms with Crippen LogP contribution in [0.5, 0.6) is 5.75 Å². The highest BCUT2D eigenvalue weighted by atomic mass is 16.3. The Morgan fingerprint density at radius 3 is 2.31 bits per heavy atom. The highest BCUT2D eigenvalue weighted by Crippen LogP contribution is 2.32. The molecule has 1 rings (SSSR count). The van der Waals surface area contributed by atoms with E-state index in [0.29, 0.717) is 17.6 Å². The van der Waals surface area contributed by atoms with E-state index in [1.807, 2.05) is 4.68 Å². The Morgan fingerprint density at radius 1 is 1.25 bits per heavy atom. The fraction of sp³-hybridized carbons (Fsp3) is 0.769. The molecule has 0 bridgehead atoms. The second-order valence-corrected chi connectivity index (χ2v) is 4.90. The Kier molecular flexibility index (Phi) is 4.39. The predicted octanol–water partition coefficient (Wildman–Crippen LogP) is 3.32. The molecule has 16 heavy (non-hydrogen) atoms. The van der Waals surface area contributed by atoms with Gasteiger partial charge in [0.2, 0.25) is 0 Å². The first-order valence-corrected chi connectivity index (χ1v) is 6.29. The monoisotopic (exact) mass is 224 g/mol. The number of nitrogens with zero attached hydrogens (tertiary/aromatic N) is 2. The minimum absolute atomic E-state index is 0.369. The minimum Gasteiger partial charge on any atom is -0.504 e. The molecule has 0 saturated carbocycles. The molecule has 1 unspecified atom stereocenters. The van der Waals surface area contributed by atoms with Gasteiger partial charge in [-0.15, -0.1) is 0 Å². The van der Waals surface area contributed by atoms with Crippen LogP contribution in [0.4, 0.5) is 0 Å². The maximum atomic E-state index is 10.2. The van der Waals surface area contributed by atoms with Crippen molar-refractivity contribution in [3.8, 4) is 5.75 Å². The van der Waals surface area contributed by atoms with Crippen molar-refractivity contribution in [1.82, 2.24) is 9.78 Å². The number of aromatic nitrogens is 2. The van der Waals surface area contributed by atoms with Crippen molar-refractivity contribution in [2.75, 3.05) is 0 Å². The Balaban J connectivity index is 3.10. The summed E-state index contributed by atoms with van der Waals surface area (Å²) in [7, 11) is 0. The normalized spacial score (nSPS) is 13.4. The van der Waals surface area contributed by atoms with Crippen LogP contribution in [0.25, 0.3) is 0 Å². The molecule has 1 aromatic rings. The van der Waals surface area contributed by atoms with Gasteiger partial charge in [-0.25, -0.2) is 0 Å². The summed E-state index contributed by atoms with van der Waals surface area (Å²) in [5, 5.41) is 14.7. The van der Waals surface area contributed by atoms with Gasteiger partial charge < -0.3 is 5.11 Å². The van der Waals surface area contributed by atoms with Gasteiger partial charge in [-0.1, -0.05) is 27.7 Å². The smallest absolute Gasteiger partial charge is 0.160 e. The van der Waals surface area contributed by atoms with Crippen molar-refractivity contribution in [1.29, 1.82) is 0 Å². The van der Waals surface area contributed by atoms with Crippen molar-refractivity contribution >= 4 is 0 Å². The predicted molar refractivity (Wildman–Crippen MR) is 66.8 cm³/mol. The molecule has 0 aliphatic rings. The van der Waals surface area contributed by atoms with Crippen LogP contribution in [-0.4, -0.2) is 14.9 Å². The van der Waals surface area contributed by atoms with E-state index in [1.54, 1.807) is 0 Å². The fourth-order valence-corrected chi connectivity index (χ4v) is 1.96. The summed E-state index contributed by atoms with van der Waals surface area (Å²) in [5.41, 5.74) is 1.85. The van der Waals surface area contributed by atoms with E-state index in [-0.39, 0.29) is 0 Å². The zero-order valence-electron chi connectivity index (χ0n) is 11.1. The van der Waals surface area contributed by atoms with E-state index < -0.39 is 0 Å². The lowest BCUT2D eigenvalue weighted by Crippen LogP contribution is -2.05. The van der Waals surface area contributed by atoms with Gasteiger partial charge in [0.1, 0.15) is 5.69 Å². The van der Waals surface area contributed by atoms with Crippen LogP contribution in [0.15, 0.2) is 0 Å². The van der Waals surface area contributed by atoms with E-state index in [1.165, 1.54) is 0 Å². The number of hydrogen-bond donors (Lipinski definition) is 1. The van der Waals surface area contributed by atoms with Gasteiger partial charge >= 0.3 is 0 Å². The van der Waals surface area contributed by atoms with E-state index in [2.05, 4.69) is 39.7 Å². The van der Waals surface area contributed by atoms with Crippen molar-refractivity contribution in [2.24, 2.45) is 5.92 Å². The van der Waals surface area contributed by atoms with E-state index in [0.717, 1.165) is 30.8 Å². The first-order chi connectivity index (χ1) is 7.51. The molecule has 0 aliphatic carbocycles. The maximum Gasteiger partial charge on any atom is 0.160 e. The Hall–Kier alpha value is -0.990. The zero-order valence-corrected chi connectivity index (χ0v) is 11.1. The molecule has 3 heteroatoms. The molecule has 0 spiro atoms. The Labute approximate surface area is 98.5 Å². The van der Waals surface area contributed by atoms with Gasteiger partial charge in [0.25, 0.3) is 0 Å². The highest BCUT2D eigenvalue weighted by molar-refractivity contribution is 5.34. The average Bonchev–Trinajstić information content (AvgIpc) is 2.54. The topological polar surface area (TPSA) is 38.1 Å². The molecule has 1 N–H and O–H groups in total. The second-order valence-electron chi connectivity index (χ2n) is 4.90. The van der Waals surface area contributed by atoms with Gasteiger partial charge in [0.15, 0.2) is 5.75 Å². The van der Waals surface area contributed by atoms with Crippen molar-refractivity contribution in [3.05, 3.63) is 11.4 Å². The van der Waals surface area contributed by atoms with Crippen LogP contribution in [0.3, 0.4) is 0 Å².